The van der Waals surface area contributed by atoms with Gasteiger partial charge in [0.25, 0.3) is 0 Å². The molecule has 170 valence electrons. The summed E-state index contributed by atoms with van der Waals surface area (Å²) >= 11 is 0. The van der Waals surface area contributed by atoms with E-state index in [1.807, 2.05) is 30.3 Å². The van der Waals surface area contributed by atoms with E-state index in [0.717, 1.165) is 16.8 Å². The Balaban J connectivity index is 1.54. The van der Waals surface area contributed by atoms with E-state index in [0.29, 0.717) is 35.7 Å². The van der Waals surface area contributed by atoms with Gasteiger partial charge in [-0.25, -0.2) is 13.4 Å². The zero-order valence-electron chi connectivity index (χ0n) is 17.9. The SMILES string of the molecule is CCS(=O)(=O)c1ccc(Oc2cc3nc(-c4ccccn4)[nH]c3cc2C2CCC(O)O2)cc1. The first kappa shape index (κ1) is 21.6. The van der Waals surface area contributed by atoms with Gasteiger partial charge >= 0.3 is 0 Å². The smallest absolute Gasteiger partial charge is 0.178 e. The number of sulfone groups is 1. The summed E-state index contributed by atoms with van der Waals surface area (Å²) in [5.41, 5.74) is 2.99. The number of aliphatic hydroxyl groups is 1. The van der Waals surface area contributed by atoms with Crippen LogP contribution in [0.3, 0.4) is 0 Å². The number of hydrogen-bond donors (Lipinski definition) is 2. The number of H-pyrrole nitrogens is 1. The minimum atomic E-state index is -3.29. The molecular formula is C24H23N3O5S. The van der Waals surface area contributed by atoms with E-state index in [-0.39, 0.29) is 16.8 Å². The summed E-state index contributed by atoms with van der Waals surface area (Å²) in [6.45, 7) is 1.61. The summed E-state index contributed by atoms with van der Waals surface area (Å²) < 4.78 is 36.0. The van der Waals surface area contributed by atoms with Crippen LogP contribution in [0.4, 0.5) is 0 Å². The van der Waals surface area contributed by atoms with Crippen LogP contribution in [-0.2, 0) is 14.6 Å². The molecule has 33 heavy (non-hydrogen) atoms. The van der Waals surface area contributed by atoms with Gasteiger partial charge in [0.2, 0.25) is 0 Å². The molecule has 0 amide bonds. The van der Waals surface area contributed by atoms with Crippen LogP contribution in [0.15, 0.2) is 65.7 Å². The Morgan fingerprint density at radius 2 is 1.97 bits per heavy atom. The van der Waals surface area contributed by atoms with Gasteiger partial charge < -0.3 is 19.6 Å². The predicted molar refractivity (Wildman–Crippen MR) is 123 cm³/mol. The molecule has 9 heteroatoms. The largest absolute Gasteiger partial charge is 0.457 e. The molecule has 1 aliphatic heterocycles. The van der Waals surface area contributed by atoms with Crippen molar-refractivity contribution in [2.24, 2.45) is 0 Å². The molecule has 4 aromatic rings. The van der Waals surface area contributed by atoms with Gasteiger partial charge in [-0.05, 0) is 48.9 Å². The van der Waals surface area contributed by atoms with E-state index in [1.165, 1.54) is 12.1 Å². The van der Waals surface area contributed by atoms with Crippen molar-refractivity contribution in [1.82, 2.24) is 15.0 Å². The number of pyridine rings is 1. The van der Waals surface area contributed by atoms with Crippen molar-refractivity contribution in [3.63, 3.8) is 0 Å². The lowest BCUT2D eigenvalue weighted by atomic mass is 10.0. The van der Waals surface area contributed by atoms with Crippen molar-refractivity contribution in [2.45, 2.75) is 37.1 Å². The summed E-state index contributed by atoms with van der Waals surface area (Å²) in [5.74, 6) is 1.69. The molecule has 1 fully saturated rings. The topological polar surface area (TPSA) is 114 Å². The molecule has 5 rings (SSSR count). The standard InChI is InChI=1S/C24H23N3O5S/c1-2-33(29,30)16-8-6-15(7-9-16)31-22-14-20-19(13-17(22)21-10-11-23(28)32-21)26-24(27-20)18-5-3-4-12-25-18/h3-9,12-14,21,23,28H,2,10-11H2,1H3,(H,26,27). The molecule has 2 atom stereocenters. The highest BCUT2D eigenvalue weighted by Gasteiger charge is 2.28. The minimum absolute atomic E-state index is 0.0348. The van der Waals surface area contributed by atoms with Crippen LogP contribution in [0, 0.1) is 0 Å². The Hall–Kier alpha value is -3.27. The molecule has 2 aromatic carbocycles. The van der Waals surface area contributed by atoms with Crippen LogP contribution in [-0.4, -0.2) is 40.5 Å². The summed E-state index contributed by atoms with van der Waals surface area (Å²) in [4.78, 5) is 12.6. The average Bonchev–Trinajstić information content (AvgIpc) is 3.45. The number of aliphatic hydroxyl groups excluding tert-OH is 1. The fourth-order valence-corrected chi connectivity index (χ4v) is 4.76. The molecule has 2 unspecified atom stereocenters. The van der Waals surface area contributed by atoms with Crippen LogP contribution in [0.2, 0.25) is 0 Å². The molecule has 8 nitrogen and oxygen atoms in total. The number of ether oxygens (including phenoxy) is 2. The fraction of sp³-hybridized carbons (Fsp3) is 0.250. The number of benzene rings is 2. The van der Waals surface area contributed by atoms with Crippen molar-refractivity contribution < 1.29 is 23.0 Å². The molecule has 0 radical (unpaired) electrons. The van der Waals surface area contributed by atoms with Crippen LogP contribution in [0.25, 0.3) is 22.6 Å². The van der Waals surface area contributed by atoms with Gasteiger partial charge in [-0.3, -0.25) is 4.98 Å². The van der Waals surface area contributed by atoms with Crippen molar-refractivity contribution >= 4 is 20.9 Å². The zero-order chi connectivity index (χ0) is 23.0. The first-order valence-electron chi connectivity index (χ1n) is 10.7. The van der Waals surface area contributed by atoms with E-state index < -0.39 is 16.1 Å². The van der Waals surface area contributed by atoms with Gasteiger partial charge in [-0.2, -0.15) is 0 Å². The third kappa shape index (κ3) is 4.35. The Labute approximate surface area is 191 Å². The first-order valence-corrected chi connectivity index (χ1v) is 12.4. The van der Waals surface area contributed by atoms with Gasteiger partial charge in [-0.15, -0.1) is 0 Å². The minimum Gasteiger partial charge on any atom is -0.457 e. The van der Waals surface area contributed by atoms with Gasteiger partial charge in [0.05, 0.1) is 27.8 Å². The number of hydrogen-bond acceptors (Lipinski definition) is 7. The number of rotatable bonds is 6. The van der Waals surface area contributed by atoms with Crippen molar-refractivity contribution in [1.29, 1.82) is 0 Å². The summed E-state index contributed by atoms with van der Waals surface area (Å²) in [7, 11) is -3.29. The van der Waals surface area contributed by atoms with Crippen molar-refractivity contribution in [3.8, 4) is 23.0 Å². The van der Waals surface area contributed by atoms with Crippen molar-refractivity contribution in [3.05, 3.63) is 66.4 Å². The maximum atomic E-state index is 12.1. The Morgan fingerprint density at radius 3 is 2.64 bits per heavy atom. The molecule has 1 aliphatic rings. The van der Waals surface area contributed by atoms with Crippen molar-refractivity contribution in [2.75, 3.05) is 5.75 Å². The van der Waals surface area contributed by atoms with Gasteiger partial charge in [-0.1, -0.05) is 13.0 Å². The highest BCUT2D eigenvalue weighted by atomic mass is 32.2. The summed E-state index contributed by atoms with van der Waals surface area (Å²) in [5, 5.41) is 9.89. The summed E-state index contributed by atoms with van der Waals surface area (Å²) in [6.07, 6.45) is 1.74. The number of imidazole rings is 1. The molecular weight excluding hydrogens is 442 g/mol. The Bertz CT molecular complexity index is 1390. The Kier molecular flexibility index (Phi) is 5.61. The first-order chi connectivity index (χ1) is 15.9. The zero-order valence-corrected chi connectivity index (χ0v) is 18.7. The van der Waals surface area contributed by atoms with E-state index >= 15 is 0 Å². The number of aromatic nitrogens is 3. The highest BCUT2D eigenvalue weighted by Crippen LogP contribution is 2.40. The van der Waals surface area contributed by atoms with Gasteiger partial charge in [0.15, 0.2) is 22.0 Å². The van der Waals surface area contributed by atoms with Crippen LogP contribution >= 0.6 is 0 Å². The maximum absolute atomic E-state index is 12.1. The third-order valence-electron chi connectivity index (χ3n) is 5.66. The lowest BCUT2D eigenvalue weighted by Crippen LogP contribution is -2.05. The molecule has 0 bridgehead atoms. The number of nitrogens with zero attached hydrogens (tertiary/aromatic N) is 2. The summed E-state index contributed by atoms with van der Waals surface area (Å²) in [6, 6.07) is 15.7. The van der Waals surface area contributed by atoms with Gasteiger partial charge in [0, 0.05) is 24.2 Å². The highest BCUT2D eigenvalue weighted by molar-refractivity contribution is 7.91. The van der Waals surface area contributed by atoms with E-state index in [1.54, 1.807) is 25.3 Å². The van der Waals surface area contributed by atoms with E-state index in [4.69, 9.17) is 9.47 Å². The van der Waals surface area contributed by atoms with E-state index in [2.05, 4.69) is 15.0 Å². The number of aromatic amines is 1. The molecule has 2 N–H and O–H groups in total. The number of fused-ring (bicyclic) bond motifs is 1. The molecule has 1 saturated heterocycles. The molecule has 0 aliphatic carbocycles. The third-order valence-corrected chi connectivity index (χ3v) is 7.41. The second-order valence-electron chi connectivity index (χ2n) is 7.84. The van der Waals surface area contributed by atoms with Gasteiger partial charge in [0.1, 0.15) is 17.2 Å². The maximum Gasteiger partial charge on any atom is 0.178 e. The Morgan fingerprint density at radius 1 is 1.15 bits per heavy atom. The lowest BCUT2D eigenvalue weighted by Gasteiger charge is -2.16. The predicted octanol–water partition coefficient (Wildman–Crippen LogP) is 4.38. The van der Waals surface area contributed by atoms with E-state index in [9.17, 15) is 13.5 Å². The normalized spacial score (nSPS) is 18.6. The van der Waals surface area contributed by atoms with Crippen LogP contribution in [0.5, 0.6) is 11.5 Å². The number of nitrogens with one attached hydrogen (secondary N) is 1. The second-order valence-corrected chi connectivity index (χ2v) is 10.1. The lowest BCUT2D eigenvalue weighted by molar-refractivity contribution is -0.0916. The fourth-order valence-electron chi connectivity index (χ4n) is 3.88. The monoisotopic (exact) mass is 465 g/mol. The molecule has 0 spiro atoms. The molecule has 0 saturated carbocycles. The van der Waals surface area contributed by atoms with Crippen LogP contribution < -0.4 is 4.74 Å². The molecule has 2 aromatic heterocycles. The second kappa shape index (κ2) is 8.58. The quantitative estimate of drug-likeness (QED) is 0.434. The van der Waals surface area contributed by atoms with Crippen LogP contribution in [0.1, 0.15) is 31.4 Å². The average molecular weight is 466 g/mol. The molecule has 3 heterocycles.